The average Bonchev–Trinajstić information content (AvgIpc) is 2.96. The van der Waals surface area contributed by atoms with Crippen molar-refractivity contribution < 1.29 is 19.1 Å². The summed E-state index contributed by atoms with van der Waals surface area (Å²) in [5, 5.41) is 0. The molecule has 2 amide bonds. The van der Waals surface area contributed by atoms with Crippen LogP contribution in [0.3, 0.4) is 0 Å². The number of ether oxygens (including phenoxy) is 1. The lowest BCUT2D eigenvalue weighted by Crippen LogP contribution is -2.56. The molecule has 0 unspecified atom stereocenters. The highest BCUT2D eigenvalue weighted by Crippen LogP contribution is 2.55. The first kappa shape index (κ1) is 30.3. The number of carbonyl (C=O) groups excluding carboxylic acids is 3. The molecule has 0 aromatic heterocycles. The van der Waals surface area contributed by atoms with Crippen LogP contribution >= 0.6 is 0 Å². The van der Waals surface area contributed by atoms with Crippen molar-refractivity contribution in [1.29, 1.82) is 0 Å². The van der Waals surface area contributed by atoms with E-state index in [0.29, 0.717) is 38.4 Å². The fourth-order valence-electron chi connectivity index (χ4n) is 7.36. The third-order valence-corrected chi connectivity index (χ3v) is 9.47. The van der Waals surface area contributed by atoms with Crippen molar-refractivity contribution >= 4 is 17.8 Å². The Morgan fingerprint density at radius 1 is 1.00 bits per heavy atom. The van der Waals surface area contributed by atoms with Gasteiger partial charge in [-0.3, -0.25) is 14.4 Å². The van der Waals surface area contributed by atoms with Crippen molar-refractivity contribution in [3.63, 3.8) is 0 Å². The summed E-state index contributed by atoms with van der Waals surface area (Å²) < 4.78 is 5.41. The maximum absolute atomic E-state index is 14.0. The molecule has 2 fully saturated rings. The van der Waals surface area contributed by atoms with E-state index in [1.54, 1.807) is 0 Å². The second kappa shape index (κ2) is 13.4. The maximum Gasteiger partial charge on any atom is 0.317 e. The number of piperidine rings is 2. The number of esters is 1. The summed E-state index contributed by atoms with van der Waals surface area (Å²) in [6, 6.07) is 10.5. The number of hydrogen-bond acceptors (Lipinski definition) is 4. The van der Waals surface area contributed by atoms with Crippen molar-refractivity contribution in [2.24, 2.45) is 16.7 Å². The molecule has 0 N–H and O–H groups in total. The van der Waals surface area contributed by atoms with E-state index in [4.69, 9.17) is 4.74 Å². The fraction of sp³-hybridized carbons (Fsp3) is 0.676. The highest BCUT2D eigenvalue weighted by atomic mass is 16.5. The summed E-state index contributed by atoms with van der Waals surface area (Å²) in [6.07, 6.45) is 12.7. The van der Waals surface area contributed by atoms with Crippen LogP contribution in [-0.2, 0) is 19.1 Å². The van der Waals surface area contributed by atoms with Gasteiger partial charge in [-0.25, -0.2) is 0 Å². The molecule has 4 rings (SSSR count). The number of allylic oxidation sites excluding steroid dienone is 1. The van der Waals surface area contributed by atoms with E-state index in [-0.39, 0.29) is 29.6 Å². The first-order valence-electron chi connectivity index (χ1n) is 15.6. The first-order valence-corrected chi connectivity index (χ1v) is 15.6. The van der Waals surface area contributed by atoms with Crippen LogP contribution in [0, 0.1) is 16.7 Å². The van der Waals surface area contributed by atoms with Gasteiger partial charge >= 0.3 is 5.97 Å². The molecule has 6 nitrogen and oxygen atoms in total. The summed E-state index contributed by atoms with van der Waals surface area (Å²) in [4.78, 5) is 44.9. The Kier molecular flexibility index (Phi) is 10.1. The molecule has 0 bridgehead atoms. The second-order valence-electron chi connectivity index (χ2n) is 13.1. The number of amides is 2. The van der Waals surface area contributed by atoms with Crippen LogP contribution in [0.5, 0.6) is 0 Å². The van der Waals surface area contributed by atoms with E-state index in [1.807, 2.05) is 15.9 Å². The number of methoxy groups -OCH3 is 1. The molecule has 3 aliphatic rings. The van der Waals surface area contributed by atoms with Gasteiger partial charge in [0.15, 0.2) is 0 Å². The molecule has 220 valence electrons. The predicted molar refractivity (Wildman–Crippen MR) is 158 cm³/mol. The molecule has 40 heavy (non-hydrogen) atoms. The molecular weight excluding hydrogens is 500 g/mol. The first-order chi connectivity index (χ1) is 19.2. The fourth-order valence-corrected chi connectivity index (χ4v) is 7.36. The number of fused-ring (bicyclic) bond motifs is 1. The predicted octanol–water partition coefficient (Wildman–Crippen LogP) is 6.86. The summed E-state index contributed by atoms with van der Waals surface area (Å²) in [5.41, 5.74) is 1.20. The molecule has 1 aliphatic carbocycles. The van der Waals surface area contributed by atoms with Gasteiger partial charge < -0.3 is 14.5 Å². The van der Waals surface area contributed by atoms with Crippen LogP contribution in [0.2, 0.25) is 0 Å². The topological polar surface area (TPSA) is 66.9 Å². The smallest absolute Gasteiger partial charge is 0.317 e. The lowest BCUT2D eigenvalue weighted by atomic mass is 9.59. The molecule has 2 aliphatic heterocycles. The van der Waals surface area contributed by atoms with E-state index < -0.39 is 11.3 Å². The van der Waals surface area contributed by atoms with Gasteiger partial charge in [0.2, 0.25) is 11.8 Å². The van der Waals surface area contributed by atoms with Crippen molar-refractivity contribution in [3.8, 4) is 0 Å². The Hall–Kier alpha value is -2.63. The van der Waals surface area contributed by atoms with Gasteiger partial charge in [-0.2, -0.15) is 0 Å². The summed E-state index contributed by atoms with van der Waals surface area (Å²) >= 11 is 0. The van der Waals surface area contributed by atoms with Gasteiger partial charge in [0, 0.05) is 37.7 Å². The minimum Gasteiger partial charge on any atom is -0.468 e. The highest BCUT2D eigenvalue weighted by Gasteiger charge is 2.57. The lowest BCUT2D eigenvalue weighted by molar-refractivity contribution is -0.163. The Labute approximate surface area is 241 Å². The van der Waals surface area contributed by atoms with E-state index >= 15 is 0 Å². The second-order valence-corrected chi connectivity index (χ2v) is 13.1. The third-order valence-electron chi connectivity index (χ3n) is 9.47. The zero-order chi connectivity index (χ0) is 28.8. The molecule has 0 radical (unpaired) electrons. The Balaban J connectivity index is 1.49. The number of benzene rings is 1. The Morgan fingerprint density at radius 2 is 1.68 bits per heavy atom. The van der Waals surface area contributed by atoms with Crippen LogP contribution in [0.25, 0.3) is 0 Å². The number of carbonyl (C=O) groups is 3. The van der Waals surface area contributed by atoms with E-state index in [9.17, 15) is 14.4 Å². The van der Waals surface area contributed by atoms with Crippen molar-refractivity contribution in [1.82, 2.24) is 9.80 Å². The van der Waals surface area contributed by atoms with Crippen LogP contribution in [0.1, 0.15) is 109 Å². The molecule has 1 aromatic carbocycles. The van der Waals surface area contributed by atoms with Crippen LogP contribution in [-0.4, -0.2) is 54.3 Å². The van der Waals surface area contributed by atoms with E-state index in [1.165, 1.54) is 31.9 Å². The normalized spacial score (nSPS) is 24.9. The standard InChI is InChI=1S/C34H50N2O4/c1-5-6-7-8-9-13-20-36-29-16-19-33(2,3)25-34(29,32(39)40-4)24-28(31(36)38)23-30(37)35-21-17-27(18-22-35)26-14-11-10-12-15-26/h10-12,14-16,27-28H,5-9,13,17-25H2,1-4H3/t28-,34-/m1/s1. The van der Waals surface area contributed by atoms with Gasteiger partial charge in [-0.15, -0.1) is 0 Å². The molecular formula is C34H50N2O4. The molecule has 2 heterocycles. The van der Waals surface area contributed by atoms with E-state index in [2.05, 4.69) is 51.1 Å². The van der Waals surface area contributed by atoms with E-state index in [0.717, 1.165) is 44.2 Å². The number of rotatable bonds is 11. The average molecular weight is 551 g/mol. The van der Waals surface area contributed by atoms with Crippen molar-refractivity contribution in [3.05, 3.63) is 47.7 Å². The number of hydrogen-bond donors (Lipinski definition) is 0. The monoisotopic (exact) mass is 550 g/mol. The minimum absolute atomic E-state index is 0.00608. The third kappa shape index (κ3) is 6.80. The Morgan fingerprint density at radius 3 is 2.35 bits per heavy atom. The minimum atomic E-state index is -0.877. The summed E-state index contributed by atoms with van der Waals surface area (Å²) in [6.45, 7) is 8.58. The van der Waals surface area contributed by atoms with Crippen molar-refractivity contribution in [2.75, 3.05) is 26.7 Å². The zero-order valence-corrected chi connectivity index (χ0v) is 25.3. The summed E-state index contributed by atoms with van der Waals surface area (Å²) in [5.74, 6) is -0.273. The SMILES string of the molecule is CCCCCCCCN1C(=O)[C@H](CC(=O)N2CCC(c3ccccc3)CC2)C[C@@]2(C(=O)OC)CC(C)(C)CC=C12. The summed E-state index contributed by atoms with van der Waals surface area (Å²) in [7, 11) is 1.45. The molecule has 2 saturated heterocycles. The van der Waals surface area contributed by atoms with Gasteiger partial charge in [-0.1, -0.05) is 89.3 Å². The molecule has 2 atom stereocenters. The van der Waals surface area contributed by atoms with Gasteiger partial charge in [-0.05, 0) is 55.4 Å². The lowest BCUT2D eigenvalue weighted by Gasteiger charge is -2.51. The van der Waals surface area contributed by atoms with Gasteiger partial charge in [0.1, 0.15) is 5.41 Å². The Bertz CT molecular complexity index is 1060. The quantitative estimate of drug-likeness (QED) is 0.223. The number of nitrogens with zero attached hydrogens (tertiary/aromatic N) is 2. The number of unbranched alkanes of at least 4 members (excludes halogenated alkanes) is 5. The van der Waals surface area contributed by atoms with Crippen LogP contribution in [0.15, 0.2) is 42.1 Å². The van der Waals surface area contributed by atoms with Crippen LogP contribution < -0.4 is 0 Å². The molecule has 0 spiro atoms. The van der Waals surface area contributed by atoms with Gasteiger partial charge in [0.05, 0.1) is 7.11 Å². The maximum atomic E-state index is 14.0. The number of likely N-dealkylation sites (tertiary alicyclic amines) is 2. The highest BCUT2D eigenvalue weighted by molar-refractivity contribution is 5.92. The van der Waals surface area contributed by atoms with Gasteiger partial charge in [0.25, 0.3) is 0 Å². The van der Waals surface area contributed by atoms with Crippen molar-refractivity contribution in [2.45, 2.75) is 104 Å². The molecule has 1 aromatic rings. The molecule has 6 heteroatoms. The largest absolute Gasteiger partial charge is 0.468 e. The van der Waals surface area contributed by atoms with Crippen LogP contribution in [0.4, 0.5) is 0 Å². The zero-order valence-electron chi connectivity index (χ0n) is 25.3. The molecule has 0 saturated carbocycles.